The van der Waals surface area contributed by atoms with Crippen molar-refractivity contribution >= 4 is 23.8 Å². The number of anilines is 1. The Morgan fingerprint density at radius 2 is 1.83 bits per heavy atom. The predicted molar refractivity (Wildman–Crippen MR) is 93.2 cm³/mol. The van der Waals surface area contributed by atoms with Crippen molar-refractivity contribution in [1.29, 1.82) is 0 Å². The van der Waals surface area contributed by atoms with Gasteiger partial charge in [0.15, 0.2) is 0 Å². The van der Waals surface area contributed by atoms with Gasteiger partial charge < -0.3 is 10.1 Å². The number of nitrogens with zero attached hydrogens (tertiary/aromatic N) is 1. The maximum absolute atomic E-state index is 11.8. The van der Waals surface area contributed by atoms with Crippen LogP contribution in [0.1, 0.15) is 21.5 Å². The van der Waals surface area contributed by atoms with Gasteiger partial charge in [0.2, 0.25) is 0 Å². The SMILES string of the molecule is COC(=O)c1ccc(/C=N\NC(=O)CNc2ccccc2C)cc1. The van der Waals surface area contributed by atoms with Gasteiger partial charge in [0.25, 0.3) is 5.91 Å². The standard InChI is InChI=1S/C18H19N3O3/c1-13-5-3-4-6-16(13)19-12-17(22)21-20-11-14-7-9-15(10-8-14)18(23)24-2/h3-11,19H,12H2,1-2H3,(H,21,22)/b20-11-. The van der Waals surface area contributed by atoms with Crippen LogP contribution in [-0.4, -0.2) is 31.7 Å². The number of esters is 1. The molecule has 0 heterocycles. The Hall–Kier alpha value is -3.15. The lowest BCUT2D eigenvalue weighted by Crippen LogP contribution is -2.26. The van der Waals surface area contributed by atoms with E-state index in [1.807, 2.05) is 31.2 Å². The lowest BCUT2D eigenvalue weighted by molar-refractivity contribution is -0.119. The fraction of sp³-hybridized carbons (Fsp3) is 0.167. The molecule has 24 heavy (non-hydrogen) atoms. The number of carbonyl (C=O) groups is 2. The van der Waals surface area contributed by atoms with Crippen LogP contribution in [0.25, 0.3) is 0 Å². The highest BCUT2D eigenvalue weighted by atomic mass is 16.5. The molecule has 0 aliphatic carbocycles. The monoisotopic (exact) mass is 325 g/mol. The van der Waals surface area contributed by atoms with E-state index in [-0.39, 0.29) is 12.5 Å². The van der Waals surface area contributed by atoms with Crippen LogP contribution in [0.3, 0.4) is 0 Å². The van der Waals surface area contributed by atoms with Gasteiger partial charge in [-0.3, -0.25) is 4.79 Å². The second-order valence-electron chi connectivity index (χ2n) is 5.08. The number of para-hydroxylation sites is 1. The molecule has 0 fully saturated rings. The number of amides is 1. The van der Waals surface area contributed by atoms with Gasteiger partial charge in [0.05, 0.1) is 25.4 Å². The van der Waals surface area contributed by atoms with Crippen molar-refractivity contribution < 1.29 is 14.3 Å². The number of hydrogen-bond donors (Lipinski definition) is 2. The third-order valence-corrected chi connectivity index (χ3v) is 3.32. The number of ether oxygens (including phenoxy) is 1. The zero-order valence-electron chi connectivity index (χ0n) is 13.6. The van der Waals surface area contributed by atoms with E-state index in [0.717, 1.165) is 16.8 Å². The molecule has 2 aromatic rings. The van der Waals surface area contributed by atoms with Crippen molar-refractivity contribution in [1.82, 2.24) is 5.43 Å². The summed E-state index contributed by atoms with van der Waals surface area (Å²) in [6, 6.07) is 14.4. The first-order chi connectivity index (χ1) is 11.6. The molecule has 2 aromatic carbocycles. The van der Waals surface area contributed by atoms with E-state index in [0.29, 0.717) is 5.56 Å². The third kappa shape index (κ3) is 4.95. The molecule has 0 bridgehead atoms. The number of rotatable bonds is 6. The van der Waals surface area contributed by atoms with Gasteiger partial charge >= 0.3 is 5.97 Å². The summed E-state index contributed by atoms with van der Waals surface area (Å²) in [6.07, 6.45) is 1.51. The third-order valence-electron chi connectivity index (χ3n) is 3.32. The van der Waals surface area contributed by atoms with E-state index in [4.69, 9.17) is 0 Å². The lowest BCUT2D eigenvalue weighted by atomic mass is 10.1. The smallest absolute Gasteiger partial charge is 0.337 e. The van der Waals surface area contributed by atoms with Crippen molar-refractivity contribution in [3.8, 4) is 0 Å². The summed E-state index contributed by atoms with van der Waals surface area (Å²) in [7, 11) is 1.33. The molecule has 124 valence electrons. The predicted octanol–water partition coefficient (Wildman–Crippen LogP) is 2.34. The zero-order valence-corrected chi connectivity index (χ0v) is 13.6. The second kappa shape index (κ2) is 8.47. The minimum atomic E-state index is -0.394. The largest absolute Gasteiger partial charge is 0.465 e. The van der Waals surface area contributed by atoms with Gasteiger partial charge in [-0.15, -0.1) is 0 Å². The number of nitrogens with one attached hydrogen (secondary N) is 2. The summed E-state index contributed by atoms with van der Waals surface area (Å²) >= 11 is 0. The van der Waals surface area contributed by atoms with Crippen molar-refractivity contribution in [2.45, 2.75) is 6.92 Å². The molecular weight excluding hydrogens is 306 g/mol. The number of hydrazone groups is 1. The number of methoxy groups -OCH3 is 1. The number of hydrogen-bond acceptors (Lipinski definition) is 5. The topological polar surface area (TPSA) is 79.8 Å². The molecule has 6 heteroatoms. The van der Waals surface area contributed by atoms with Crippen LogP contribution >= 0.6 is 0 Å². The molecule has 0 spiro atoms. The second-order valence-corrected chi connectivity index (χ2v) is 5.08. The normalized spacial score (nSPS) is 10.4. The summed E-state index contributed by atoms with van der Waals surface area (Å²) in [6.45, 7) is 2.10. The van der Waals surface area contributed by atoms with E-state index in [1.165, 1.54) is 13.3 Å². The average Bonchev–Trinajstić information content (AvgIpc) is 2.61. The van der Waals surface area contributed by atoms with Crippen molar-refractivity contribution in [2.75, 3.05) is 19.0 Å². The number of carbonyl (C=O) groups excluding carboxylic acids is 2. The summed E-state index contributed by atoms with van der Waals surface area (Å²) in [4.78, 5) is 23.1. The molecule has 0 aliphatic heterocycles. The molecule has 0 aliphatic rings. The maximum atomic E-state index is 11.8. The first kappa shape index (κ1) is 17.2. The molecule has 0 saturated heterocycles. The fourth-order valence-corrected chi connectivity index (χ4v) is 1.99. The minimum Gasteiger partial charge on any atom is -0.465 e. The molecule has 1 amide bonds. The summed E-state index contributed by atoms with van der Waals surface area (Å²) < 4.78 is 4.62. The molecule has 0 atom stereocenters. The fourth-order valence-electron chi connectivity index (χ4n) is 1.99. The van der Waals surface area contributed by atoms with Crippen LogP contribution in [0, 0.1) is 6.92 Å². The Balaban J connectivity index is 1.82. The maximum Gasteiger partial charge on any atom is 0.337 e. The Kier molecular flexibility index (Phi) is 6.08. The summed E-state index contributed by atoms with van der Waals surface area (Å²) in [5, 5.41) is 6.94. The minimum absolute atomic E-state index is 0.128. The highest BCUT2D eigenvalue weighted by molar-refractivity contribution is 5.91. The van der Waals surface area contributed by atoms with Gasteiger partial charge in [0.1, 0.15) is 0 Å². The number of benzene rings is 2. The highest BCUT2D eigenvalue weighted by Crippen LogP contribution is 2.12. The lowest BCUT2D eigenvalue weighted by Gasteiger charge is -2.07. The van der Waals surface area contributed by atoms with Crippen molar-refractivity contribution in [3.05, 3.63) is 65.2 Å². The van der Waals surface area contributed by atoms with Crippen LogP contribution in [0.15, 0.2) is 53.6 Å². The van der Waals surface area contributed by atoms with Crippen LogP contribution in [0.5, 0.6) is 0 Å². The Labute approximate surface area is 140 Å². The summed E-state index contributed by atoms with van der Waals surface area (Å²) in [5.41, 5.74) is 5.65. The van der Waals surface area contributed by atoms with E-state index >= 15 is 0 Å². The van der Waals surface area contributed by atoms with Crippen LogP contribution in [0.4, 0.5) is 5.69 Å². The molecule has 2 N–H and O–H groups in total. The van der Waals surface area contributed by atoms with Gasteiger partial charge in [0, 0.05) is 5.69 Å². The molecule has 6 nitrogen and oxygen atoms in total. The molecule has 0 aromatic heterocycles. The van der Waals surface area contributed by atoms with Crippen LogP contribution < -0.4 is 10.7 Å². The van der Waals surface area contributed by atoms with E-state index in [9.17, 15) is 9.59 Å². The van der Waals surface area contributed by atoms with Crippen LogP contribution in [0.2, 0.25) is 0 Å². The summed E-state index contributed by atoms with van der Waals surface area (Å²) in [5.74, 6) is -0.644. The van der Waals surface area contributed by atoms with Crippen LogP contribution in [-0.2, 0) is 9.53 Å². The quantitative estimate of drug-likeness (QED) is 0.485. The average molecular weight is 325 g/mol. The van der Waals surface area contributed by atoms with Gasteiger partial charge in [-0.1, -0.05) is 30.3 Å². The zero-order chi connectivity index (χ0) is 17.4. The molecule has 0 unspecified atom stereocenters. The molecule has 0 saturated carbocycles. The van der Waals surface area contributed by atoms with Crippen molar-refractivity contribution in [2.24, 2.45) is 5.10 Å². The molecule has 0 radical (unpaired) electrons. The first-order valence-electron chi connectivity index (χ1n) is 7.40. The van der Waals surface area contributed by atoms with Gasteiger partial charge in [-0.05, 0) is 36.2 Å². The molecule has 2 rings (SSSR count). The highest BCUT2D eigenvalue weighted by Gasteiger charge is 2.04. The number of aryl methyl sites for hydroxylation is 1. The van der Waals surface area contributed by atoms with E-state index < -0.39 is 5.97 Å². The van der Waals surface area contributed by atoms with Gasteiger partial charge in [-0.25, -0.2) is 10.2 Å². The van der Waals surface area contributed by atoms with E-state index in [2.05, 4.69) is 20.6 Å². The Morgan fingerprint density at radius 1 is 1.12 bits per heavy atom. The Bertz CT molecular complexity index is 739. The van der Waals surface area contributed by atoms with Crippen molar-refractivity contribution in [3.63, 3.8) is 0 Å². The first-order valence-corrected chi connectivity index (χ1v) is 7.40. The Morgan fingerprint density at radius 3 is 2.50 bits per heavy atom. The molecular formula is C18H19N3O3. The van der Waals surface area contributed by atoms with Gasteiger partial charge in [-0.2, -0.15) is 5.10 Å². The van der Waals surface area contributed by atoms with E-state index in [1.54, 1.807) is 24.3 Å².